The Kier molecular flexibility index (Phi) is 3.24. The summed E-state index contributed by atoms with van der Waals surface area (Å²) >= 11 is 3.34. The third-order valence-electron chi connectivity index (χ3n) is 2.86. The summed E-state index contributed by atoms with van der Waals surface area (Å²) in [6.07, 6.45) is 0.799. The van der Waals surface area contributed by atoms with Crippen LogP contribution in [0.15, 0.2) is 27.5 Å². The fraction of sp³-hybridized carbons (Fsp3) is 0.308. The molecule has 0 saturated carbocycles. The van der Waals surface area contributed by atoms with Crippen LogP contribution in [0.4, 0.5) is 0 Å². The zero-order valence-electron chi connectivity index (χ0n) is 10.2. The molecule has 2 rings (SSSR count). The van der Waals surface area contributed by atoms with Crippen LogP contribution < -0.4 is 5.56 Å². The molecule has 0 aliphatic carbocycles. The van der Waals surface area contributed by atoms with Crippen LogP contribution in [-0.4, -0.2) is 9.78 Å². The molecule has 1 aromatic carbocycles. The van der Waals surface area contributed by atoms with Gasteiger partial charge in [0.25, 0.3) is 5.56 Å². The normalized spacial score (nSPS) is 10.8. The van der Waals surface area contributed by atoms with E-state index in [1.54, 1.807) is 4.68 Å². The first-order valence-corrected chi connectivity index (χ1v) is 6.41. The Morgan fingerprint density at radius 2 is 2.06 bits per heavy atom. The molecule has 0 spiro atoms. The van der Waals surface area contributed by atoms with Gasteiger partial charge in [-0.25, -0.2) is 4.68 Å². The lowest BCUT2D eigenvalue weighted by Crippen LogP contribution is -2.15. The summed E-state index contributed by atoms with van der Waals surface area (Å²) < 4.78 is 2.23. The average molecular weight is 295 g/mol. The maximum atomic E-state index is 12.1. The van der Waals surface area contributed by atoms with Gasteiger partial charge in [-0.2, -0.15) is 0 Å². The molecule has 0 aliphatic rings. The van der Waals surface area contributed by atoms with Gasteiger partial charge in [0.2, 0.25) is 0 Å². The number of benzene rings is 1. The molecule has 0 unspecified atom stereocenters. The van der Waals surface area contributed by atoms with Crippen LogP contribution in [0.1, 0.15) is 23.7 Å². The molecule has 90 valence electrons. The third-order valence-corrected chi connectivity index (χ3v) is 3.68. The second-order valence-electron chi connectivity index (χ2n) is 4.19. The van der Waals surface area contributed by atoms with Gasteiger partial charge in [0, 0.05) is 0 Å². The van der Waals surface area contributed by atoms with Gasteiger partial charge in [0.1, 0.15) is 4.47 Å². The molecule has 1 aromatic heterocycles. The van der Waals surface area contributed by atoms with Gasteiger partial charge in [0.15, 0.2) is 0 Å². The largest absolute Gasteiger partial charge is 0.294 e. The molecule has 0 amide bonds. The highest BCUT2D eigenvalue weighted by atomic mass is 79.9. The highest BCUT2D eigenvalue weighted by molar-refractivity contribution is 9.10. The number of hydrogen-bond acceptors (Lipinski definition) is 1. The number of nitrogens with one attached hydrogen (secondary N) is 1. The van der Waals surface area contributed by atoms with Crippen LogP contribution in [0.5, 0.6) is 0 Å². The first kappa shape index (κ1) is 12.2. The molecule has 4 heteroatoms. The summed E-state index contributed by atoms with van der Waals surface area (Å²) in [5.41, 5.74) is 4.03. The number of H-pyrrole nitrogens is 1. The Balaban J connectivity index is 2.68. The fourth-order valence-corrected chi connectivity index (χ4v) is 2.37. The zero-order valence-corrected chi connectivity index (χ0v) is 11.8. The summed E-state index contributed by atoms with van der Waals surface area (Å²) in [7, 11) is 0. The smallest absolute Gasteiger partial charge is 0.285 e. The van der Waals surface area contributed by atoms with E-state index in [2.05, 4.69) is 21.0 Å². The second kappa shape index (κ2) is 4.53. The molecular formula is C13H15BrN2O. The molecule has 2 aromatic rings. The van der Waals surface area contributed by atoms with Crippen LogP contribution in [0, 0.1) is 13.8 Å². The van der Waals surface area contributed by atoms with Crippen molar-refractivity contribution < 1.29 is 0 Å². The van der Waals surface area contributed by atoms with E-state index in [0.29, 0.717) is 4.47 Å². The number of aromatic nitrogens is 2. The summed E-state index contributed by atoms with van der Waals surface area (Å²) in [5.74, 6) is 0. The Labute approximate surface area is 109 Å². The standard InChI is InChI=1S/C13H15BrN2O/c1-4-10-12(14)13(17)16(15-10)11-7-8(2)5-6-9(11)3/h5-7,15H,4H2,1-3H3. The first-order chi connectivity index (χ1) is 8.04. The number of aryl methyl sites for hydroxylation is 3. The number of rotatable bonds is 2. The van der Waals surface area contributed by atoms with E-state index < -0.39 is 0 Å². The van der Waals surface area contributed by atoms with E-state index in [9.17, 15) is 4.79 Å². The van der Waals surface area contributed by atoms with Crippen molar-refractivity contribution in [3.8, 4) is 5.69 Å². The molecule has 3 nitrogen and oxygen atoms in total. The minimum atomic E-state index is -0.0319. The molecule has 0 aliphatic heterocycles. The van der Waals surface area contributed by atoms with Gasteiger partial charge < -0.3 is 0 Å². The van der Waals surface area contributed by atoms with Crippen molar-refractivity contribution in [2.24, 2.45) is 0 Å². The van der Waals surface area contributed by atoms with Crippen molar-refractivity contribution in [1.82, 2.24) is 9.78 Å². The third kappa shape index (κ3) is 2.09. The van der Waals surface area contributed by atoms with Gasteiger partial charge in [-0.3, -0.25) is 9.89 Å². The molecule has 0 saturated heterocycles. The molecule has 0 fully saturated rings. The summed E-state index contributed by atoms with van der Waals surface area (Å²) in [5, 5.41) is 3.14. The minimum Gasteiger partial charge on any atom is -0.294 e. The SMILES string of the molecule is CCc1[nH]n(-c2cc(C)ccc2C)c(=O)c1Br. The molecule has 1 N–H and O–H groups in total. The number of nitrogens with zero attached hydrogens (tertiary/aromatic N) is 1. The summed E-state index contributed by atoms with van der Waals surface area (Å²) in [6, 6.07) is 6.08. The molecule has 0 radical (unpaired) electrons. The van der Waals surface area contributed by atoms with Gasteiger partial charge in [-0.15, -0.1) is 0 Å². The average Bonchev–Trinajstić information content (AvgIpc) is 2.59. The van der Waals surface area contributed by atoms with E-state index in [0.717, 1.165) is 28.9 Å². The van der Waals surface area contributed by atoms with Crippen molar-refractivity contribution in [1.29, 1.82) is 0 Å². The number of halogens is 1. The predicted molar refractivity (Wildman–Crippen MR) is 72.9 cm³/mol. The zero-order chi connectivity index (χ0) is 12.6. The molecule has 1 heterocycles. The second-order valence-corrected chi connectivity index (χ2v) is 4.98. The number of hydrogen-bond donors (Lipinski definition) is 1. The molecular weight excluding hydrogens is 280 g/mol. The van der Waals surface area contributed by atoms with Gasteiger partial charge >= 0.3 is 0 Å². The lowest BCUT2D eigenvalue weighted by molar-refractivity contribution is 0.813. The van der Waals surface area contributed by atoms with E-state index in [1.165, 1.54) is 0 Å². The molecule has 17 heavy (non-hydrogen) atoms. The van der Waals surface area contributed by atoms with Crippen LogP contribution in [0.25, 0.3) is 5.69 Å². The van der Waals surface area contributed by atoms with E-state index in [1.807, 2.05) is 39.0 Å². The Morgan fingerprint density at radius 3 is 2.65 bits per heavy atom. The lowest BCUT2D eigenvalue weighted by Gasteiger charge is -2.07. The Hall–Kier alpha value is -1.29. The molecule has 0 bridgehead atoms. The maximum absolute atomic E-state index is 12.1. The predicted octanol–water partition coefficient (Wildman–Crippen LogP) is 3.11. The van der Waals surface area contributed by atoms with Crippen molar-refractivity contribution >= 4 is 15.9 Å². The van der Waals surface area contributed by atoms with E-state index in [-0.39, 0.29) is 5.56 Å². The highest BCUT2D eigenvalue weighted by Gasteiger charge is 2.12. The topological polar surface area (TPSA) is 37.8 Å². The van der Waals surface area contributed by atoms with Crippen LogP contribution in [-0.2, 0) is 6.42 Å². The Bertz CT molecular complexity index is 610. The minimum absolute atomic E-state index is 0.0319. The van der Waals surface area contributed by atoms with Crippen LogP contribution in [0.3, 0.4) is 0 Å². The van der Waals surface area contributed by atoms with Crippen molar-refractivity contribution in [3.05, 3.63) is 49.8 Å². The van der Waals surface area contributed by atoms with Crippen molar-refractivity contribution in [2.75, 3.05) is 0 Å². The first-order valence-electron chi connectivity index (χ1n) is 5.61. The fourth-order valence-electron chi connectivity index (χ4n) is 1.83. The Morgan fingerprint density at radius 1 is 1.35 bits per heavy atom. The van der Waals surface area contributed by atoms with Crippen molar-refractivity contribution in [3.63, 3.8) is 0 Å². The van der Waals surface area contributed by atoms with E-state index in [4.69, 9.17) is 0 Å². The van der Waals surface area contributed by atoms with Crippen LogP contribution >= 0.6 is 15.9 Å². The van der Waals surface area contributed by atoms with Gasteiger partial charge in [0.05, 0.1) is 11.4 Å². The van der Waals surface area contributed by atoms with Crippen molar-refractivity contribution in [2.45, 2.75) is 27.2 Å². The summed E-state index contributed by atoms with van der Waals surface area (Å²) in [4.78, 5) is 12.1. The monoisotopic (exact) mass is 294 g/mol. The number of aromatic amines is 1. The summed E-state index contributed by atoms with van der Waals surface area (Å²) in [6.45, 7) is 6.04. The van der Waals surface area contributed by atoms with Gasteiger partial charge in [-0.05, 0) is 53.4 Å². The van der Waals surface area contributed by atoms with Crippen LogP contribution in [0.2, 0.25) is 0 Å². The highest BCUT2D eigenvalue weighted by Crippen LogP contribution is 2.17. The van der Waals surface area contributed by atoms with Gasteiger partial charge in [-0.1, -0.05) is 19.1 Å². The maximum Gasteiger partial charge on any atom is 0.285 e. The lowest BCUT2D eigenvalue weighted by atomic mass is 10.1. The molecule has 0 atom stereocenters. The quantitative estimate of drug-likeness (QED) is 0.908. The van der Waals surface area contributed by atoms with E-state index >= 15 is 0 Å².